The summed E-state index contributed by atoms with van der Waals surface area (Å²) in [5.41, 5.74) is 6.28. The molecule has 1 heterocycles. The first kappa shape index (κ1) is 18.6. The van der Waals surface area contributed by atoms with Gasteiger partial charge in [-0.15, -0.1) is 0 Å². The minimum Gasteiger partial charge on any atom is -0.379 e. The molecule has 0 amide bonds. The lowest BCUT2D eigenvalue weighted by Gasteiger charge is -2.26. The van der Waals surface area contributed by atoms with E-state index in [1.54, 1.807) is 0 Å². The van der Waals surface area contributed by atoms with E-state index in [-0.39, 0.29) is 5.92 Å². The maximum Gasteiger partial charge on any atom is 0.188 e. The third-order valence-electron chi connectivity index (χ3n) is 4.09. The monoisotopic (exact) mass is 340 g/mol. The van der Waals surface area contributed by atoms with Crippen LogP contribution in [-0.2, 0) is 4.74 Å². The minimum atomic E-state index is -0.576. The van der Waals surface area contributed by atoms with Crippen LogP contribution in [0.15, 0.2) is 23.2 Å². The first-order chi connectivity index (χ1) is 11.6. The summed E-state index contributed by atoms with van der Waals surface area (Å²) in [7, 11) is 0. The highest BCUT2D eigenvalue weighted by Gasteiger charge is 2.12. The Morgan fingerprint density at radius 1 is 1.38 bits per heavy atom. The lowest BCUT2D eigenvalue weighted by atomic mass is 10.0. The molecule has 1 aromatic carbocycles. The van der Waals surface area contributed by atoms with Crippen LogP contribution in [0.4, 0.5) is 8.78 Å². The van der Waals surface area contributed by atoms with E-state index in [4.69, 9.17) is 10.5 Å². The van der Waals surface area contributed by atoms with E-state index in [2.05, 4.69) is 15.2 Å². The number of nitrogens with one attached hydrogen (secondary N) is 1. The van der Waals surface area contributed by atoms with Crippen LogP contribution in [0.25, 0.3) is 0 Å². The van der Waals surface area contributed by atoms with Gasteiger partial charge >= 0.3 is 0 Å². The second-order valence-corrected chi connectivity index (χ2v) is 6.03. The van der Waals surface area contributed by atoms with Crippen LogP contribution < -0.4 is 11.1 Å². The van der Waals surface area contributed by atoms with E-state index < -0.39 is 11.6 Å². The number of benzene rings is 1. The smallest absolute Gasteiger partial charge is 0.188 e. The Kier molecular flexibility index (Phi) is 7.39. The Balaban J connectivity index is 1.68. The van der Waals surface area contributed by atoms with Gasteiger partial charge in [0.05, 0.1) is 13.2 Å². The predicted molar refractivity (Wildman–Crippen MR) is 91.1 cm³/mol. The van der Waals surface area contributed by atoms with Crippen molar-refractivity contribution in [3.8, 4) is 0 Å². The average Bonchev–Trinajstić information content (AvgIpc) is 2.57. The fraction of sp³-hybridized carbons (Fsp3) is 0.588. The molecule has 3 N–H and O–H groups in total. The molecule has 0 radical (unpaired) electrons. The molecule has 7 heteroatoms. The van der Waals surface area contributed by atoms with Gasteiger partial charge in [-0.05, 0) is 24.6 Å². The van der Waals surface area contributed by atoms with E-state index in [9.17, 15) is 8.78 Å². The van der Waals surface area contributed by atoms with Crippen LogP contribution in [0.5, 0.6) is 0 Å². The summed E-state index contributed by atoms with van der Waals surface area (Å²) in [6.45, 7) is 7.49. The maximum atomic E-state index is 13.7. The standard InChI is InChI=1S/C17H26F2N4O/c1-13(15-4-3-14(18)11-16(15)19)12-22-17(20)21-5-2-6-23-7-9-24-10-8-23/h3-4,11,13H,2,5-10,12H2,1H3,(H3,20,21,22). The van der Waals surface area contributed by atoms with Crippen LogP contribution in [0, 0.1) is 11.6 Å². The Bertz CT molecular complexity index is 547. The molecule has 0 aromatic heterocycles. The number of ether oxygens (including phenoxy) is 1. The molecule has 1 unspecified atom stereocenters. The molecule has 0 aliphatic carbocycles. The molecule has 5 nitrogen and oxygen atoms in total. The zero-order valence-electron chi connectivity index (χ0n) is 14.1. The molecule has 1 atom stereocenters. The summed E-state index contributed by atoms with van der Waals surface area (Å²) in [5.74, 6) is -0.936. The molecular formula is C17H26F2N4O. The van der Waals surface area contributed by atoms with Gasteiger partial charge in [0.25, 0.3) is 0 Å². The number of nitrogens with zero attached hydrogens (tertiary/aromatic N) is 2. The van der Waals surface area contributed by atoms with E-state index >= 15 is 0 Å². The molecule has 0 spiro atoms. The highest BCUT2D eigenvalue weighted by atomic mass is 19.1. The number of morpholine rings is 1. The third kappa shape index (κ3) is 6.05. The second kappa shape index (κ2) is 9.54. The zero-order chi connectivity index (χ0) is 17.4. The van der Waals surface area contributed by atoms with Crippen molar-refractivity contribution in [3.63, 3.8) is 0 Å². The lowest BCUT2D eigenvalue weighted by Crippen LogP contribution is -2.39. The number of nitrogens with two attached hydrogens (primary N) is 1. The van der Waals surface area contributed by atoms with Gasteiger partial charge in [-0.25, -0.2) is 8.78 Å². The predicted octanol–water partition coefficient (Wildman–Crippen LogP) is 1.69. The lowest BCUT2D eigenvalue weighted by molar-refractivity contribution is 0.0376. The molecule has 1 aromatic rings. The van der Waals surface area contributed by atoms with E-state index in [0.29, 0.717) is 18.1 Å². The first-order valence-electron chi connectivity index (χ1n) is 8.35. The second-order valence-electron chi connectivity index (χ2n) is 6.03. The van der Waals surface area contributed by atoms with Crippen molar-refractivity contribution in [3.05, 3.63) is 35.4 Å². The molecule has 1 fully saturated rings. The van der Waals surface area contributed by atoms with Crippen molar-refractivity contribution in [2.24, 2.45) is 10.7 Å². The number of aliphatic imine (C=N–C) groups is 1. The summed E-state index contributed by atoms with van der Waals surface area (Å²) in [4.78, 5) is 6.60. The highest BCUT2D eigenvalue weighted by molar-refractivity contribution is 5.77. The van der Waals surface area contributed by atoms with Crippen LogP contribution in [-0.4, -0.2) is 56.8 Å². The summed E-state index contributed by atoms with van der Waals surface area (Å²) in [6.07, 6.45) is 0.971. The van der Waals surface area contributed by atoms with Crippen molar-refractivity contribution < 1.29 is 13.5 Å². The van der Waals surface area contributed by atoms with Crippen molar-refractivity contribution in [1.29, 1.82) is 0 Å². The Labute approximate surface area is 141 Å². The van der Waals surface area contributed by atoms with Gasteiger partial charge in [-0.2, -0.15) is 0 Å². The molecule has 1 aliphatic heterocycles. The van der Waals surface area contributed by atoms with Crippen molar-refractivity contribution in [1.82, 2.24) is 10.2 Å². The van der Waals surface area contributed by atoms with Crippen molar-refractivity contribution in [2.75, 3.05) is 45.9 Å². The van der Waals surface area contributed by atoms with Gasteiger partial charge in [-0.1, -0.05) is 13.0 Å². The fourth-order valence-electron chi connectivity index (χ4n) is 2.63. The van der Waals surface area contributed by atoms with Crippen LogP contribution >= 0.6 is 0 Å². The van der Waals surface area contributed by atoms with Gasteiger partial charge in [-0.3, -0.25) is 9.89 Å². The van der Waals surface area contributed by atoms with Gasteiger partial charge < -0.3 is 15.8 Å². The van der Waals surface area contributed by atoms with Crippen molar-refractivity contribution in [2.45, 2.75) is 19.3 Å². The van der Waals surface area contributed by atoms with E-state index in [1.165, 1.54) is 12.1 Å². The Morgan fingerprint density at radius 3 is 2.83 bits per heavy atom. The normalized spacial score (nSPS) is 17.7. The topological polar surface area (TPSA) is 62.9 Å². The molecule has 134 valence electrons. The quantitative estimate of drug-likeness (QED) is 0.450. The molecular weight excluding hydrogens is 314 g/mol. The molecule has 24 heavy (non-hydrogen) atoms. The van der Waals surface area contributed by atoms with E-state index in [0.717, 1.165) is 51.9 Å². The number of guanidine groups is 1. The number of hydrogen-bond donors (Lipinski definition) is 2. The van der Waals surface area contributed by atoms with Crippen LogP contribution in [0.3, 0.4) is 0 Å². The number of hydrogen-bond acceptors (Lipinski definition) is 3. The summed E-state index contributed by atoms with van der Waals surface area (Å²) in [5, 5.41) is 3.07. The van der Waals surface area contributed by atoms with Gasteiger partial charge in [0.1, 0.15) is 11.6 Å². The van der Waals surface area contributed by atoms with Gasteiger partial charge in [0.2, 0.25) is 0 Å². The summed E-state index contributed by atoms with van der Waals surface area (Å²) < 4.78 is 31.9. The first-order valence-corrected chi connectivity index (χ1v) is 8.35. The fourth-order valence-corrected chi connectivity index (χ4v) is 2.63. The molecule has 0 saturated carbocycles. The zero-order valence-corrected chi connectivity index (χ0v) is 14.1. The Hall–Kier alpha value is -1.73. The summed E-state index contributed by atoms with van der Waals surface area (Å²) in [6, 6.07) is 3.60. The van der Waals surface area contributed by atoms with E-state index in [1.807, 2.05) is 6.92 Å². The third-order valence-corrected chi connectivity index (χ3v) is 4.09. The molecule has 0 bridgehead atoms. The molecule has 2 rings (SSSR count). The van der Waals surface area contributed by atoms with Crippen LogP contribution in [0.1, 0.15) is 24.8 Å². The molecule has 1 aliphatic rings. The van der Waals surface area contributed by atoms with Gasteiger partial charge in [0.15, 0.2) is 5.96 Å². The number of halogens is 2. The largest absolute Gasteiger partial charge is 0.379 e. The summed E-state index contributed by atoms with van der Waals surface area (Å²) >= 11 is 0. The highest BCUT2D eigenvalue weighted by Crippen LogP contribution is 2.19. The minimum absolute atomic E-state index is 0.167. The SMILES string of the molecule is CC(CN=C(N)NCCCN1CCOCC1)c1ccc(F)cc1F. The number of rotatable bonds is 7. The average molecular weight is 340 g/mol. The molecule has 1 saturated heterocycles. The van der Waals surface area contributed by atoms with Gasteiger partial charge in [0, 0.05) is 38.2 Å². The Morgan fingerprint density at radius 2 is 2.12 bits per heavy atom. The maximum absolute atomic E-state index is 13.7. The van der Waals surface area contributed by atoms with Crippen LogP contribution in [0.2, 0.25) is 0 Å². The van der Waals surface area contributed by atoms with Crippen molar-refractivity contribution >= 4 is 5.96 Å².